The summed E-state index contributed by atoms with van der Waals surface area (Å²) in [4.78, 5) is 11.0. The van der Waals surface area contributed by atoms with E-state index in [1.54, 1.807) is 6.92 Å². The molecule has 0 aromatic rings. The molecule has 0 bridgehead atoms. The van der Waals surface area contributed by atoms with E-state index in [0.717, 1.165) is 0 Å². The standard InChI is InChI=1S/C7H12O4/c1-3-2-4(8)6(10)7(11)5(3)9/h3-4,6-8,10-11H,2H2,1H3/t3-,4-,6-,7-/m1/s1/i1+1,2+1,5+1. The third-order valence-electron chi connectivity index (χ3n) is 2.09. The highest BCUT2D eigenvalue weighted by Gasteiger charge is 2.39. The van der Waals surface area contributed by atoms with Gasteiger partial charge in [-0.15, -0.1) is 0 Å². The molecule has 4 atom stereocenters. The van der Waals surface area contributed by atoms with Crippen LogP contribution in [0.3, 0.4) is 0 Å². The number of ketones is 1. The summed E-state index contributed by atoms with van der Waals surface area (Å²) in [7, 11) is 0. The average molecular weight is 163 g/mol. The van der Waals surface area contributed by atoms with Crippen LogP contribution in [0.25, 0.3) is 0 Å². The zero-order valence-corrected chi connectivity index (χ0v) is 6.27. The molecule has 0 radical (unpaired) electrons. The first-order chi connectivity index (χ1) is 5.04. The van der Waals surface area contributed by atoms with Crippen LogP contribution in [0.2, 0.25) is 0 Å². The molecule has 4 heteroatoms. The molecule has 0 spiro atoms. The minimum Gasteiger partial charge on any atom is -0.390 e. The summed E-state index contributed by atoms with van der Waals surface area (Å²) in [6.07, 6.45) is -3.46. The monoisotopic (exact) mass is 163 g/mol. The average Bonchev–Trinajstić information content (AvgIpc) is 1.97. The molecule has 0 aromatic carbocycles. The molecule has 1 rings (SSSR count). The second kappa shape index (κ2) is 2.89. The summed E-state index contributed by atoms with van der Waals surface area (Å²) in [5.74, 6) is -0.744. The van der Waals surface area contributed by atoms with Crippen LogP contribution in [0.15, 0.2) is 0 Å². The number of aliphatic hydroxyl groups excluding tert-OH is 3. The third-order valence-corrected chi connectivity index (χ3v) is 2.09. The lowest BCUT2D eigenvalue weighted by Gasteiger charge is -2.30. The Morgan fingerprint density at radius 3 is 2.45 bits per heavy atom. The summed E-state index contributed by atoms with van der Waals surface area (Å²) >= 11 is 0. The van der Waals surface area contributed by atoms with Gasteiger partial charge in [-0.25, -0.2) is 0 Å². The fourth-order valence-electron chi connectivity index (χ4n) is 1.29. The molecule has 64 valence electrons. The van der Waals surface area contributed by atoms with Crippen molar-refractivity contribution in [1.29, 1.82) is 0 Å². The lowest BCUT2D eigenvalue weighted by molar-refractivity contribution is -0.152. The van der Waals surface area contributed by atoms with Crippen LogP contribution >= 0.6 is 0 Å². The topological polar surface area (TPSA) is 77.8 Å². The molecular weight excluding hydrogens is 151 g/mol. The van der Waals surface area contributed by atoms with Gasteiger partial charge in [-0.05, 0) is 6.42 Å². The number of Topliss-reactive ketones (excluding diaryl/α,β-unsaturated/α-hetero) is 1. The van der Waals surface area contributed by atoms with E-state index in [2.05, 4.69) is 0 Å². The van der Waals surface area contributed by atoms with Crippen molar-refractivity contribution in [3.8, 4) is 0 Å². The molecule has 0 aromatic heterocycles. The van der Waals surface area contributed by atoms with Crippen LogP contribution in [-0.2, 0) is 4.79 Å². The van der Waals surface area contributed by atoms with Crippen molar-refractivity contribution in [3.05, 3.63) is 0 Å². The van der Waals surface area contributed by atoms with Crippen LogP contribution in [0.4, 0.5) is 0 Å². The quantitative estimate of drug-likeness (QED) is 0.387. The molecule has 0 amide bonds. The van der Waals surface area contributed by atoms with Gasteiger partial charge in [-0.3, -0.25) is 4.79 Å². The van der Waals surface area contributed by atoms with E-state index in [9.17, 15) is 4.79 Å². The highest BCUT2D eigenvalue weighted by Crippen LogP contribution is 2.21. The van der Waals surface area contributed by atoms with Crippen molar-refractivity contribution < 1.29 is 20.1 Å². The van der Waals surface area contributed by atoms with E-state index < -0.39 is 18.3 Å². The van der Waals surface area contributed by atoms with Crippen molar-refractivity contribution in [2.24, 2.45) is 5.92 Å². The van der Waals surface area contributed by atoms with Gasteiger partial charge in [-0.2, -0.15) is 0 Å². The van der Waals surface area contributed by atoms with Crippen molar-refractivity contribution in [3.63, 3.8) is 0 Å². The fourth-order valence-corrected chi connectivity index (χ4v) is 1.29. The lowest BCUT2D eigenvalue weighted by atomic mass is 10.1. The van der Waals surface area contributed by atoms with E-state index in [0.29, 0.717) is 0 Å². The molecule has 1 fully saturated rings. The first kappa shape index (κ1) is 8.64. The summed E-state index contributed by atoms with van der Waals surface area (Å²) in [5, 5.41) is 27.1. The molecule has 1 aliphatic carbocycles. The summed E-state index contributed by atoms with van der Waals surface area (Å²) in [6, 6.07) is 0. The van der Waals surface area contributed by atoms with Gasteiger partial charge in [-0.1, -0.05) is 6.92 Å². The first-order valence-electron chi connectivity index (χ1n) is 3.62. The number of hydrogen-bond donors (Lipinski definition) is 3. The lowest BCUT2D eigenvalue weighted by Crippen LogP contribution is -2.50. The van der Waals surface area contributed by atoms with Crippen LogP contribution in [0.5, 0.6) is 0 Å². The van der Waals surface area contributed by atoms with E-state index in [-0.39, 0.29) is 18.1 Å². The molecule has 1 aliphatic rings. The Balaban J connectivity index is 2.70. The first-order valence-corrected chi connectivity index (χ1v) is 3.62. The van der Waals surface area contributed by atoms with E-state index >= 15 is 0 Å². The number of carbonyl (C=O) groups excluding carboxylic acids is 1. The van der Waals surface area contributed by atoms with Crippen LogP contribution in [-0.4, -0.2) is 39.4 Å². The van der Waals surface area contributed by atoms with Gasteiger partial charge in [0.1, 0.15) is 12.2 Å². The van der Waals surface area contributed by atoms with Crippen LogP contribution < -0.4 is 0 Å². The third kappa shape index (κ3) is 1.42. The van der Waals surface area contributed by atoms with Gasteiger partial charge in [0, 0.05) is 5.92 Å². The molecule has 0 aliphatic heterocycles. The van der Waals surface area contributed by atoms with Crippen molar-refractivity contribution in [2.45, 2.75) is 31.7 Å². The van der Waals surface area contributed by atoms with Gasteiger partial charge in [0.15, 0.2) is 5.78 Å². The maximum atomic E-state index is 11.0. The van der Waals surface area contributed by atoms with Gasteiger partial charge < -0.3 is 15.3 Å². The van der Waals surface area contributed by atoms with Gasteiger partial charge >= 0.3 is 0 Å². The highest BCUT2D eigenvalue weighted by molar-refractivity contribution is 5.86. The summed E-state index contributed by atoms with van der Waals surface area (Å²) in [5.41, 5.74) is 0. The zero-order chi connectivity index (χ0) is 8.59. The van der Waals surface area contributed by atoms with Crippen LogP contribution in [0.1, 0.15) is 13.3 Å². The molecule has 1 saturated carbocycles. The number of aliphatic hydroxyl groups is 3. The normalized spacial score (nSPS) is 46.0. The maximum absolute atomic E-state index is 11.0. The Labute approximate surface area is 64.5 Å². The summed E-state index contributed by atoms with van der Waals surface area (Å²) in [6.45, 7) is 1.63. The van der Waals surface area contributed by atoms with Gasteiger partial charge in [0.25, 0.3) is 0 Å². The van der Waals surface area contributed by atoms with Crippen LogP contribution in [0, 0.1) is 5.92 Å². The smallest absolute Gasteiger partial charge is 0.166 e. The molecule has 0 unspecified atom stereocenters. The largest absolute Gasteiger partial charge is 0.390 e. The highest BCUT2D eigenvalue weighted by atomic mass is 16.4. The maximum Gasteiger partial charge on any atom is 0.166 e. The number of carbonyl (C=O) groups is 1. The molecule has 4 nitrogen and oxygen atoms in total. The molecular formula is C7H12O4. The SMILES string of the molecule is [13CH3][C@@H]1[13CH2][C@@H](O)[C@@H](O)[C@H](O)[13C]1=O. The summed E-state index contributed by atoms with van der Waals surface area (Å²) < 4.78 is 0. The fraction of sp³-hybridized carbons (Fsp3) is 0.857. The van der Waals surface area contributed by atoms with E-state index in [1.807, 2.05) is 0 Å². The van der Waals surface area contributed by atoms with Gasteiger partial charge in [0.05, 0.1) is 6.10 Å². The van der Waals surface area contributed by atoms with Crippen molar-refractivity contribution in [2.75, 3.05) is 0 Å². The second-order valence-corrected chi connectivity index (χ2v) is 3.04. The van der Waals surface area contributed by atoms with Gasteiger partial charge in [0.2, 0.25) is 0 Å². The Hall–Kier alpha value is -0.450. The Kier molecular flexibility index (Phi) is 2.27. The zero-order valence-electron chi connectivity index (χ0n) is 6.27. The van der Waals surface area contributed by atoms with Crippen molar-refractivity contribution >= 4 is 5.78 Å². The molecule has 0 heterocycles. The Bertz CT molecular complexity index is 168. The minimum absolute atomic E-state index is 0.233. The molecule has 0 saturated heterocycles. The predicted octanol–water partition coefficient (Wildman–Crippen LogP) is -1.32. The Morgan fingerprint density at radius 1 is 1.36 bits per heavy atom. The second-order valence-electron chi connectivity index (χ2n) is 3.04. The molecule has 11 heavy (non-hydrogen) atoms. The van der Waals surface area contributed by atoms with E-state index in [4.69, 9.17) is 15.3 Å². The number of hydrogen-bond acceptors (Lipinski definition) is 4. The van der Waals surface area contributed by atoms with Crippen molar-refractivity contribution in [1.82, 2.24) is 0 Å². The Morgan fingerprint density at radius 2 is 1.91 bits per heavy atom. The minimum atomic E-state index is -1.41. The number of rotatable bonds is 0. The predicted molar refractivity (Wildman–Crippen MR) is 36.8 cm³/mol. The van der Waals surface area contributed by atoms with E-state index in [1.165, 1.54) is 0 Å². The molecule has 3 N–H and O–H groups in total.